The van der Waals surface area contributed by atoms with Crippen LogP contribution in [-0.4, -0.2) is 15.0 Å². The largest absolute Gasteiger partial charge is 0.220 e. The van der Waals surface area contributed by atoms with E-state index in [4.69, 9.17) is 11.6 Å². The van der Waals surface area contributed by atoms with E-state index in [2.05, 4.69) is 35.4 Å². The summed E-state index contributed by atoms with van der Waals surface area (Å²) in [5, 5.41) is 8.10. The molecule has 0 aliphatic rings. The summed E-state index contributed by atoms with van der Waals surface area (Å²) in [6, 6.07) is 8.25. The Hall–Kier alpha value is -1.35. The number of rotatable bonds is 4. The van der Waals surface area contributed by atoms with Crippen LogP contribution >= 0.6 is 11.6 Å². The highest BCUT2D eigenvalue weighted by Crippen LogP contribution is 2.19. The zero-order chi connectivity index (χ0) is 12.3. The summed E-state index contributed by atoms with van der Waals surface area (Å²) in [7, 11) is 0. The molecule has 2 aromatic rings. The molecular formula is C13H16ClN3. The maximum Gasteiger partial charge on any atom is 0.101 e. The molecule has 90 valence electrons. The minimum Gasteiger partial charge on any atom is -0.220 e. The van der Waals surface area contributed by atoms with E-state index in [1.807, 2.05) is 19.2 Å². The van der Waals surface area contributed by atoms with Crippen LogP contribution < -0.4 is 0 Å². The summed E-state index contributed by atoms with van der Waals surface area (Å²) in [4.78, 5) is 0. The van der Waals surface area contributed by atoms with Gasteiger partial charge in [0.25, 0.3) is 0 Å². The molecule has 0 fully saturated rings. The Morgan fingerprint density at radius 2 is 2.12 bits per heavy atom. The minimum atomic E-state index is -0.109. The number of alkyl halides is 1. The first kappa shape index (κ1) is 12.1. The number of aryl methyl sites for hydroxylation is 1. The molecule has 1 unspecified atom stereocenters. The Bertz CT molecular complexity index is 491. The van der Waals surface area contributed by atoms with Gasteiger partial charge in [-0.15, -0.1) is 16.7 Å². The van der Waals surface area contributed by atoms with Gasteiger partial charge in [-0.1, -0.05) is 36.8 Å². The predicted molar refractivity (Wildman–Crippen MR) is 69.6 cm³/mol. The fourth-order valence-corrected chi connectivity index (χ4v) is 1.89. The Balaban J connectivity index is 2.38. The highest BCUT2D eigenvalue weighted by Gasteiger charge is 2.09. The number of aromatic nitrogens is 3. The molecule has 4 heteroatoms. The van der Waals surface area contributed by atoms with Gasteiger partial charge in [0.1, 0.15) is 5.69 Å². The summed E-state index contributed by atoms with van der Waals surface area (Å²) < 4.78 is 1.80. The lowest BCUT2D eigenvalue weighted by Crippen LogP contribution is -2.00. The Labute approximate surface area is 106 Å². The smallest absolute Gasteiger partial charge is 0.101 e. The average molecular weight is 250 g/mol. The van der Waals surface area contributed by atoms with Crippen LogP contribution in [0.1, 0.15) is 36.9 Å². The highest BCUT2D eigenvalue weighted by atomic mass is 35.5. The standard InChI is InChI=1S/C13H16ClN3/c1-3-6-11-7-4-5-8-13(11)17-9-12(10(2)14)15-16-17/h4-5,7-10H,3,6H2,1-2H3. The SMILES string of the molecule is CCCc1ccccc1-n1cc(C(C)Cl)nn1. The van der Waals surface area contributed by atoms with Crippen LogP contribution in [0, 0.1) is 0 Å². The Morgan fingerprint density at radius 1 is 1.35 bits per heavy atom. The van der Waals surface area contributed by atoms with Crippen molar-refractivity contribution >= 4 is 11.6 Å². The summed E-state index contributed by atoms with van der Waals surface area (Å²) in [6.45, 7) is 4.07. The van der Waals surface area contributed by atoms with Crippen molar-refractivity contribution in [3.63, 3.8) is 0 Å². The van der Waals surface area contributed by atoms with Crippen LogP contribution in [0.15, 0.2) is 30.5 Å². The van der Waals surface area contributed by atoms with E-state index in [1.54, 1.807) is 4.68 Å². The topological polar surface area (TPSA) is 30.7 Å². The molecule has 0 aliphatic carbocycles. The second kappa shape index (κ2) is 5.32. The number of halogens is 1. The van der Waals surface area contributed by atoms with Gasteiger partial charge in [0.05, 0.1) is 17.3 Å². The van der Waals surface area contributed by atoms with E-state index < -0.39 is 0 Å². The molecule has 1 aromatic carbocycles. The summed E-state index contributed by atoms with van der Waals surface area (Å²) in [5.74, 6) is 0. The molecular weight excluding hydrogens is 234 g/mol. The molecule has 2 rings (SSSR count). The maximum absolute atomic E-state index is 5.99. The zero-order valence-corrected chi connectivity index (χ0v) is 10.9. The first-order valence-electron chi connectivity index (χ1n) is 5.87. The third-order valence-corrected chi connectivity index (χ3v) is 2.90. The minimum absolute atomic E-state index is 0.109. The number of hydrogen-bond acceptors (Lipinski definition) is 2. The van der Waals surface area contributed by atoms with Gasteiger partial charge in [-0.2, -0.15) is 0 Å². The van der Waals surface area contributed by atoms with Crippen molar-refractivity contribution in [3.8, 4) is 5.69 Å². The molecule has 0 spiro atoms. The van der Waals surface area contributed by atoms with E-state index in [0.29, 0.717) is 0 Å². The lowest BCUT2D eigenvalue weighted by atomic mass is 10.1. The monoisotopic (exact) mass is 249 g/mol. The third-order valence-electron chi connectivity index (χ3n) is 2.68. The van der Waals surface area contributed by atoms with E-state index in [0.717, 1.165) is 24.2 Å². The van der Waals surface area contributed by atoms with Crippen molar-refractivity contribution in [2.75, 3.05) is 0 Å². The van der Waals surface area contributed by atoms with Crippen molar-refractivity contribution in [2.45, 2.75) is 32.1 Å². The predicted octanol–water partition coefficient (Wildman–Crippen LogP) is 3.52. The molecule has 1 heterocycles. The molecule has 1 atom stereocenters. The quantitative estimate of drug-likeness (QED) is 0.777. The molecule has 3 nitrogen and oxygen atoms in total. The van der Waals surface area contributed by atoms with E-state index >= 15 is 0 Å². The average Bonchev–Trinajstić information content (AvgIpc) is 2.79. The number of hydrogen-bond donors (Lipinski definition) is 0. The van der Waals surface area contributed by atoms with Crippen molar-refractivity contribution in [2.24, 2.45) is 0 Å². The van der Waals surface area contributed by atoms with E-state index in [9.17, 15) is 0 Å². The van der Waals surface area contributed by atoms with Crippen molar-refractivity contribution in [1.29, 1.82) is 0 Å². The van der Waals surface area contributed by atoms with Gasteiger partial charge in [0.15, 0.2) is 0 Å². The van der Waals surface area contributed by atoms with Crippen LogP contribution in [0.5, 0.6) is 0 Å². The van der Waals surface area contributed by atoms with Gasteiger partial charge in [0, 0.05) is 0 Å². The summed E-state index contributed by atoms with van der Waals surface area (Å²) in [5.41, 5.74) is 3.18. The zero-order valence-electron chi connectivity index (χ0n) is 10.1. The fourth-order valence-electron chi connectivity index (χ4n) is 1.79. The molecule has 17 heavy (non-hydrogen) atoms. The van der Waals surface area contributed by atoms with Crippen LogP contribution in [0.4, 0.5) is 0 Å². The fraction of sp³-hybridized carbons (Fsp3) is 0.385. The van der Waals surface area contributed by atoms with Gasteiger partial charge < -0.3 is 0 Å². The van der Waals surface area contributed by atoms with Crippen LogP contribution in [0.25, 0.3) is 5.69 Å². The second-order valence-corrected chi connectivity index (χ2v) is 4.74. The summed E-state index contributed by atoms with van der Waals surface area (Å²) in [6.07, 6.45) is 4.05. The van der Waals surface area contributed by atoms with Crippen molar-refractivity contribution in [3.05, 3.63) is 41.7 Å². The van der Waals surface area contributed by atoms with E-state index in [-0.39, 0.29) is 5.38 Å². The second-order valence-electron chi connectivity index (χ2n) is 4.08. The number of nitrogens with zero attached hydrogens (tertiary/aromatic N) is 3. The van der Waals surface area contributed by atoms with Gasteiger partial charge in [-0.3, -0.25) is 0 Å². The van der Waals surface area contributed by atoms with Crippen LogP contribution in [0.3, 0.4) is 0 Å². The Morgan fingerprint density at radius 3 is 2.76 bits per heavy atom. The lowest BCUT2D eigenvalue weighted by Gasteiger charge is -2.07. The van der Waals surface area contributed by atoms with Crippen LogP contribution in [-0.2, 0) is 6.42 Å². The van der Waals surface area contributed by atoms with E-state index in [1.165, 1.54) is 5.56 Å². The normalized spacial score (nSPS) is 12.6. The first-order valence-corrected chi connectivity index (χ1v) is 6.30. The molecule has 0 aliphatic heterocycles. The van der Waals surface area contributed by atoms with Gasteiger partial charge >= 0.3 is 0 Å². The first-order chi connectivity index (χ1) is 8.22. The van der Waals surface area contributed by atoms with Gasteiger partial charge in [0.2, 0.25) is 0 Å². The highest BCUT2D eigenvalue weighted by molar-refractivity contribution is 6.20. The molecule has 1 aromatic heterocycles. The van der Waals surface area contributed by atoms with Crippen molar-refractivity contribution < 1.29 is 0 Å². The van der Waals surface area contributed by atoms with Gasteiger partial charge in [-0.05, 0) is 25.0 Å². The number of benzene rings is 1. The molecule has 0 bridgehead atoms. The molecule has 0 saturated heterocycles. The molecule has 0 radical (unpaired) electrons. The number of para-hydroxylation sites is 1. The molecule has 0 amide bonds. The van der Waals surface area contributed by atoms with Crippen LogP contribution in [0.2, 0.25) is 0 Å². The lowest BCUT2D eigenvalue weighted by molar-refractivity contribution is 0.780. The third kappa shape index (κ3) is 2.67. The summed E-state index contributed by atoms with van der Waals surface area (Å²) >= 11 is 5.99. The Kier molecular flexibility index (Phi) is 3.79. The molecule has 0 saturated carbocycles. The van der Waals surface area contributed by atoms with Crippen molar-refractivity contribution in [1.82, 2.24) is 15.0 Å². The maximum atomic E-state index is 5.99. The molecule has 0 N–H and O–H groups in total. The van der Waals surface area contributed by atoms with Gasteiger partial charge in [-0.25, -0.2) is 4.68 Å².